The first-order valence-electron chi connectivity index (χ1n) is 9.98. The van der Waals surface area contributed by atoms with Crippen LogP contribution in [0.1, 0.15) is 53.1 Å². The fraction of sp³-hybridized carbons (Fsp3) is 0.409. The number of esters is 1. The smallest absolute Gasteiger partial charge is 0.338 e. The molecule has 1 N–H and O–H groups in total. The summed E-state index contributed by atoms with van der Waals surface area (Å²) < 4.78 is 16.1. The summed E-state index contributed by atoms with van der Waals surface area (Å²) in [7, 11) is 0. The molecule has 30 heavy (non-hydrogen) atoms. The zero-order chi connectivity index (χ0) is 21.5. The van der Waals surface area contributed by atoms with Gasteiger partial charge in [-0.1, -0.05) is 0 Å². The molecule has 1 amide bonds. The Morgan fingerprint density at radius 2 is 1.87 bits per heavy atom. The van der Waals surface area contributed by atoms with Crippen molar-refractivity contribution in [3.8, 4) is 17.6 Å². The summed E-state index contributed by atoms with van der Waals surface area (Å²) in [6, 6.07) is 6.94. The maximum atomic E-state index is 12.4. The van der Waals surface area contributed by atoms with E-state index < -0.39 is 18.5 Å². The zero-order valence-electron chi connectivity index (χ0n) is 17.1. The number of carbonyl (C=O) groups is 2. The first-order valence-corrected chi connectivity index (χ1v) is 10.8. The molecule has 0 saturated heterocycles. The van der Waals surface area contributed by atoms with Gasteiger partial charge in [0.2, 0.25) is 0 Å². The van der Waals surface area contributed by atoms with E-state index in [1.165, 1.54) is 17.4 Å². The number of rotatable bonds is 8. The third-order valence-corrected chi connectivity index (χ3v) is 5.86. The number of hydrogen-bond acceptors (Lipinski definition) is 7. The van der Waals surface area contributed by atoms with Crippen LogP contribution in [0.5, 0.6) is 11.5 Å². The summed E-state index contributed by atoms with van der Waals surface area (Å²) in [6.45, 7) is 4.15. The number of amides is 1. The third kappa shape index (κ3) is 4.92. The normalized spacial score (nSPS) is 12.4. The lowest BCUT2D eigenvalue weighted by atomic mass is 9.96. The highest BCUT2D eigenvalue weighted by atomic mass is 32.1. The number of hydrogen-bond donors (Lipinski definition) is 1. The molecule has 0 saturated carbocycles. The van der Waals surface area contributed by atoms with Crippen molar-refractivity contribution in [1.29, 1.82) is 5.26 Å². The molecule has 0 radical (unpaired) electrons. The molecule has 0 unspecified atom stereocenters. The minimum Gasteiger partial charge on any atom is -0.490 e. The molecule has 1 aromatic heterocycles. The van der Waals surface area contributed by atoms with E-state index in [1.807, 2.05) is 13.8 Å². The Labute approximate surface area is 179 Å². The number of aryl methyl sites for hydroxylation is 1. The monoisotopic (exact) mass is 428 g/mol. The first-order chi connectivity index (χ1) is 14.6. The zero-order valence-corrected chi connectivity index (χ0v) is 17.9. The quantitative estimate of drug-likeness (QED) is 0.636. The number of thiophene rings is 1. The Kier molecular flexibility index (Phi) is 7.31. The van der Waals surface area contributed by atoms with E-state index in [4.69, 9.17) is 14.2 Å². The highest BCUT2D eigenvalue weighted by Gasteiger charge is 2.22. The van der Waals surface area contributed by atoms with E-state index in [0.29, 0.717) is 35.3 Å². The van der Waals surface area contributed by atoms with E-state index in [9.17, 15) is 14.9 Å². The molecule has 0 bridgehead atoms. The maximum Gasteiger partial charge on any atom is 0.338 e. The van der Waals surface area contributed by atoms with Crippen LogP contribution in [0, 0.1) is 11.3 Å². The molecular formula is C22H24N2O5S. The highest BCUT2D eigenvalue weighted by Crippen LogP contribution is 2.37. The van der Waals surface area contributed by atoms with Gasteiger partial charge in [0.1, 0.15) is 11.1 Å². The van der Waals surface area contributed by atoms with Crippen LogP contribution in [-0.2, 0) is 22.4 Å². The Hall–Kier alpha value is -3.05. The Bertz CT molecular complexity index is 977. The molecular weight excluding hydrogens is 404 g/mol. The average Bonchev–Trinajstić information content (AvgIpc) is 3.10. The highest BCUT2D eigenvalue weighted by molar-refractivity contribution is 7.16. The van der Waals surface area contributed by atoms with Crippen LogP contribution in [0.25, 0.3) is 0 Å². The standard InChI is InChI=1S/C22H24N2O5S/c1-3-27-17-10-9-14(11-18(17)28-4-2)22(26)29-13-20(25)24-21-16(12-23)15-7-5-6-8-19(15)30-21/h9-11H,3-8,13H2,1-2H3,(H,24,25). The molecule has 8 heteroatoms. The lowest BCUT2D eigenvalue weighted by molar-refractivity contribution is -0.119. The number of nitrogens with one attached hydrogen (secondary N) is 1. The minimum absolute atomic E-state index is 0.263. The SMILES string of the molecule is CCOc1ccc(C(=O)OCC(=O)Nc2sc3c(c2C#N)CCCC3)cc1OCC. The molecule has 1 aliphatic carbocycles. The predicted molar refractivity (Wildman–Crippen MR) is 113 cm³/mol. The number of ether oxygens (including phenoxy) is 3. The number of nitrogens with zero attached hydrogens (tertiary/aromatic N) is 1. The number of fused-ring (bicyclic) bond motifs is 1. The van der Waals surface area contributed by atoms with Gasteiger partial charge in [-0.05, 0) is 63.3 Å². The predicted octanol–water partition coefficient (Wildman–Crippen LogP) is 4.09. The molecule has 0 fully saturated rings. The maximum absolute atomic E-state index is 12.4. The second-order valence-corrected chi connectivity index (χ2v) is 7.78. The summed E-state index contributed by atoms with van der Waals surface area (Å²) in [5.74, 6) is -0.130. The molecule has 2 aromatic rings. The van der Waals surface area contributed by atoms with Crippen LogP contribution in [0.3, 0.4) is 0 Å². The van der Waals surface area contributed by atoms with Gasteiger partial charge in [-0.2, -0.15) is 5.26 Å². The van der Waals surface area contributed by atoms with Gasteiger partial charge in [0.05, 0.1) is 24.3 Å². The molecule has 0 atom stereocenters. The van der Waals surface area contributed by atoms with Crippen LogP contribution in [0.2, 0.25) is 0 Å². The average molecular weight is 429 g/mol. The summed E-state index contributed by atoms with van der Waals surface area (Å²) in [6.07, 6.45) is 3.93. The Balaban J connectivity index is 1.62. The van der Waals surface area contributed by atoms with Crippen LogP contribution in [0.15, 0.2) is 18.2 Å². The second-order valence-electron chi connectivity index (χ2n) is 6.68. The third-order valence-electron chi connectivity index (χ3n) is 4.65. The van der Waals surface area contributed by atoms with Gasteiger partial charge in [-0.25, -0.2) is 4.79 Å². The van der Waals surface area contributed by atoms with Crippen LogP contribution in [0.4, 0.5) is 5.00 Å². The number of carbonyl (C=O) groups excluding carboxylic acids is 2. The summed E-state index contributed by atoms with van der Waals surface area (Å²) in [4.78, 5) is 25.8. The van der Waals surface area contributed by atoms with Crippen molar-refractivity contribution in [3.63, 3.8) is 0 Å². The minimum atomic E-state index is -0.639. The molecule has 1 aliphatic rings. The van der Waals surface area contributed by atoms with Gasteiger partial charge in [0.25, 0.3) is 5.91 Å². The second kappa shape index (κ2) is 10.1. The van der Waals surface area contributed by atoms with Crippen molar-refractivity contribution >= 4 is 28.2 Å². The van der Waals surface area contributed by atoms with E-state index in [1.54, 1.807) is 12.1 Å². The summed E-state index contributed by atoms with van der Waals surface area (Å²) >= 11 is 1.43. The van der Waals surface area contributed by atoms with Gasteiger partial charge in [-0.3, -0.25) is 4.79 Å². The van der Waals surface area contributed by atoms with Crippen LogP contribution in [-0.4, -0.2) is 31.7 Å². The molecule has 7 nitrogen and oxygen atoms in total. The van der Waals surface area contributed by atoms with E-state index >= 15 is 0 Å². The summed E-state index contributed by atoms with van der Waals surface area (Å²) in [5, 5.41) is 12.7. The van der Waals surface area contributed by atoms with Crippen molar-refractivity contribution < 1.29 is 23.8 Å². The molecule has 3 rings (SSSR count). The fourth-order valence-corrected chi connectivity index (χ4v) is 4.58. The molecule has 0 spiro atoms. The number of nitriles is 1. The van der Waals surface area contributed by atoms with Crippen LogP contribution >= 0.6 is 11.3 Å². The van der Waals surface area contributed by atoms with Gasteiger partial charge in [0.15, 0.2) is 18.1 Å². The lowest BCUT2D eigenvalue weighted by Gasteiger charge is -2.12. The lowest BCUT2D eigenvalue weighted by Crippen LogP contribution is -2.21. The van der Waals surface area contributed by atoms with Crippen molar-refractivity contribution in [2.45, 2.75) is 39.5 Å². The van der Waals surface area contributed by atoms with Gasteiger partial charge >= 0.3 is 5.97 Å². The van der Waals surface area contributed by atoms with E-state index in [2.05, 4.69) is 11.4 Å². The fourth-order valence-electron chi connectivity index (χ4n) is 3.33. The summed E-state index contributed by atoms with van der Waals surface area (Å²) in [5.41, 5.74) is 1.83. The van der Waals surface area contributed by atoms with Crippen molar-refractivity contribution in [2.24, 2.45) is 0 Å². The van der Waals surface area contributed by atoms with Crippen molar-refractivity contribution in [3.05, 3.63) is 39.8 Å². The van der Waals surface area contributed by atoms with E-state index in [-0.39, 0.29) is 5.56 Å². The van der Waals surface area contributed by atoms with Gasteiger partial charge < -0.3 is 19.5 Å². The Morgan fingerprint density at radius 1 is 1.13 bits per heavy atom. The number of benzene rings is 1. The first kappa shape index (κ1) is 21.7. The molecule has 1 heterocycles. The van der Waals surface area contributed by atoms with Gasteiger partial charge in [-0.15, -0.1) is 11.3 Å². The Morgan fingerprint density at radius 3 is 2.60 bits per heavy atom. The van der Waals surface area contributed by atoms with Crippen LogP contribution < -0.4 is 14.8 Å². The topological polar surface area (TPSA) is 97.6 Å². The van der Waals surface area contributed by atoms with E-state index in [0.717, 1.165) is 36.1 Å². The molecule has 0 aliphatic heterocycles. The van der Waals surface area contributed by atoms with Crippen molar-refractivity contribution in [2.75, 3.05) is 25.1 Å². The molecule has 1 aromatic carbocycles. The van der Waals surface area contributed by atoms with Gasteiger partial charge in [0, 0.05) is 4.88 Å². The largest absolute Gasteiger partial charge is 0.490 e. The molecule has 158 valence electrons. The number of anilines is 1. The van der Waals surface area contributed by atoms with Crippen molar-refractivity contribution in [1.82, 2.24) is 0 Å².